The highest BCUT2D eigenvalue weighted by molar-refractivity contribution is 5.89. The van der Waals surface area contributed by atoms with E-state index < -0.39 is 0 Å². The third kappa shape index (κ3) is 3.56. The molecule has 1 aromatic rings. The molecule has 1 saturated carbocycles. The lowest BCUT2D eigenvalue weighted by molar-refractivity contribution is 0.0601. The van der Waals surface area contributed by atoms with Crippen LogP contribution in [0.25, 0.3) is 0 Å². The van der Waals surface area contributed by atoms with Gasteiger partial charge < -0.3 is 15.0 Å². The Kier molecular flexibility index (Phi) is 4.44. The summed E-state index contributed by atoms with van der Waals surface area (Å²) in [6.45, 7) is 3.36. The lowest BCUT2D eigenvalue weighted by Crippen LogP contribution is -2.44. The molecule has 0 radical (unpaired) electrons. The maximum Gasteiger partial charge on any atom is 0.337 e. The number of benzene rings is 1. The lowest BCUT2D eigenvalue weighted by Gasteiger charge is -2.36. The fourth-order valence-corrected chi connectivity index (χ4v) is 3.07. The van der Waals surface area contributed by atoms with Gasteiger partial charge in [-0.3, -0.25) is 0 Å². The first-order chi connectivity index (χ1) is 10.3. The Bertz CT molecular complexity index is 476. The largest absolute Gasteiger partial charge is 0.465 e. The number of carbonyl (C=O) groups is 1. The lowest BCUT2D eigenvalue weighted by atomic mass is 10.0. The molecule has 1 saturated heterocycles. The van der Waals surface area contributed by atoms with Crippen LogP contribution in [0.4, 0.5) is 5.69 Å². The summed E-state index contributed by atoms with van der Waals surface area (Å²) < 4.78 is 4.77. The third-order valence-electron chi connectivity index (χ3n) is 4.52. The number of piperidine rings is 1. The monoisotopic (exact) mass is 288 g/mol. The van der Waals surface area contributed by atoms with Gasteiger partial charge in [-0.05, 0) is 69.0 Å². The molecule has 0 unspecified atom stereocenters. The second-order valence-corrected chi connectivity index (χ2v) is 6.12. The Morgan fingerprint density at radius 2 is 1.86 bits per heavy atom. The van der Waals surface area contributed by atoms with Crippen molar-refractivity contribution in [2.24, 2.45) is 5.92 Å². The van der Waals surface area contributed by atoms with Crippen LogP contribution in [0.5, 0.6) is 0 Å². The van der Waals surface area contributed by atoms with Crippen molar-refractivity contribution >= 4 is 11.7 Å². The number of esters is 1. The van der Waals surface area contributed by atoms with E-state index in [2.05, 4.69) is 22.3 Å². The number of ether oxygens (including phenoxy) is 1. The van der Waals surface area contributed by atoms with Crippen molar-refractivity contribution in [1.29, 1.82) is 0 Å². The van der Waals surface area contributed by atoms with Crippen LogP contribution in [0, 0.1) is 5.92 Å². The van der Waals surface area contributed by atoms with E-state index >= 15 is 0 Å². The molecule has 1 heterocycles. The van der Waals surface area contributed by atoms with Gasteiger partial charge in [-0.2, -0.15) is 0 Å². The summed E-state index contributed by atoms with van der Waals surface area (Å²) in [6.07, 6.45) is 5.13. The number of anilines is 1. The molecule has 0 aromatic heterocycles. The number of nitrogens with one attached hydrogen (secondary N) is 1. The van der Waals surface area contributed by atoms with E-state index in [9.17, 15) is 4.79 Å². The zero-order valence-corrected chi connectivity index (χ0v) is 12.7. The van der Waals surface area contributed by atoms with E-state index in [0.29, 0.717) is 11.6 Å². The molecule has 1 aliphatic carbocycles. The summed E-state index contributed by atoms with van der Waals surface area (Å²) in [6, 6.07) is 8.51. The smallest absolute Gasteiger partial charge is 0.337 e. The molecule has 4 nitrogen and oxygen atoms in total. The number of nitrogens with zero attached hydrogens (tertiary/aromatic N) is 1. The number of hydrogen-bond acceptors (Lipinski definition) is 4. The molecule has 1 aromatic carbocycles. The highest BCUT2D eigenvalue weighted by atomic mass is 16.5. The zero-order chi connectivity index (χ0) is 14.7. The van der Waals surface area contributed by atoms with Gasteiger partial charge in [0.05, 0.1) is 12.7 Å². The van der Waals surface area contributed by atoms with Crippen LogP contribution in [-0.4, -0.2) is 38.8 Å². The van der Waals surface area contributed by atoms with Crippen molar-refractivity contribution in [3.63, 3.8) is 0 Å². The Morgan fingerprint density at radius 1 is 1.19 bits per heavy atom. The molecule has 0 spiro atoms. The maximum absolute atomic E-state index is 11.5. The molecule has 0 atom stereocenters. The van der Waals surface area contributed by atoms with Crippen LogP contribution in [0.1, 0.15) is 36.0 Å². The van der Waals surface area contributed by atoms with E-state index in [1.54, 1.807) is 0 Å². The van der Waals surface area contributed by atoms with Crippen LogP contribution in [-0.2, 0) is 4.74 Å². The summed E-state index contributed by atoms with van der Waals surface area (Å²) in [4.78, 5) is 14.1. The van der Waals surface area contributed by atoms with Crippen molar-refractivity contribution in [1.82, 2.24) is 5.32 Å². The Hall–Kier alpha value is -1.55. The maximum atomic E-state index is 11.5. The van der Waals surface area contributed by atoms with E-state index in [1.165, 1.54) is 38.5 Å². The van der Waals surface area contributed by atoms with Gasteiger partial charge in [0.25, 0.3) is 0 Å². The summed E-state index contributed by atoms with van der Waals surface area (Å²) in [5, 5.41) is 3.43. The molecule has 1 aliphatic heterocycles. The van der Waals surface area contributed by atoms with E-state index in [1.807, 2.05) is 12.1 Å². The minimum absolute atomic E-state index is 0.267. The Labute approximate surface area is 126 Å². The topological polar surface area (TPSA) is 41.6 Å². The van der Waals surface area contributed by atoms with Gasteiger partial charge in [-0.15, -0.1) is 0 Å². The number of hydrogen-bond donors (Lipinski definition) is 1. The van der Waals surface area contributed by atoms with E-state index in [0.717, 1.165) is 25.6 Å². The first-order valence-corrected chi connectivity index (χ1v) is 7.93. The minimum Gasteiger partial charge on any atom is -0.465 e. The minimum atomic E-state index is -0.267. The molecular weight excluding hydrogens is 264 g/mol. The molecule has 114 valence electrons. The predicted octanol–water partition coefficient (Wildman–Crippen LogP) is 2.44. The number of carbonyl (C=O) groups excluding carboxylic acids is 1. The number of methoxy groups -OCH3 is 1. The fourth-order valence-electron chi connectivity index (χ4n) is 3.07. The van der Waals surface area contributed by atoms with Crippen molar-refractivity contribution in [2.45, 2.75) is 31.7 Å². The van der Waals surface area contributed by atoms with E-state index in [4.69, 9.17) is 4.74 Å². The average Bonchev–Trinajstić information content (AvgIpc) is 3.37. The van der Waals surface area contributed by atoms with Crippen LogP contribution in [0.2, 0.25) is 0 Å². The SMILES string of the molecule is COC(=O)c1ccc(N(CC2CC2)C2CCNCC2)cc1. The molecule has 0 amide bonds. The fraction of sp³-hybridized carbons (Fsp3) is 0.588. The Morgan fingerprint density at radius 3 is 2.43 bits per heavy atom. The number of rotatable bonds is 5. The summed E-state index contributed by atoms with van der Waals surface area (Å²) >= 11 is 0. The molecule has 2 aliphatic rings. The predicted molar refractivity (Wildman–Crippen MR) is 83.7 cm³/mol. The standard InChI is InChI=1S/C17H24N2O2/c1-21-17(20)14-4-6-15(7-5-14)19(12-13-2-3-13)16-8-10-18-11-9-16/h4-7,13,16,18H,2-3,8-12H2,1H3. The summed E-state index contributed by atoms with van der Waals surface area (Å²) in [7, 11) is 1.42. The van der Waals surface area contributed by atoms with Gasteiger partial charge in [0.1, 0.15) is 0 Å². The molecular formula is C17H24N2O2. The van der Waals surface area contributed by atoms with Crippen LogP contribution in [0.15, 0.2) is 24.3 Å². The average molecular weight is 288 g/mol. The first-order valence-electron chi connectivity index (χ1n) is 7.93. The van der Waals surface area contributed by atoms with Crippen molar-refractivity contribution in [3.05, 3.63) is 29.8 Å². The summed E-state index contributed by atoms with van der Waals surface area (Å²) in [5.41, 5.74) is 1.86. The quantitative estimate of drug-likeness (QED) is 0.845. The molecule has 3 rings (SSSR count). The van der Waals surface area contributed by atoms with Crippen LogP contribution in [0.3, 0.4) is 0 Å². The van der Waals surface area contributed by atoms with Crippen molar-refractivity contribution in [2.75, 3.05) is 31.6 Å². The molecule has 1 N–H and O–H groups in total. The molecule has 4 heteroatoms. The second kappa shape index (κ2) is 6.48. The Balaban J connectivity index is 1.76. The van der Waals surface area contributed by atoms with Gasteiger partial charge in [0.2, 0.25) is 0 Å². The van der Waals surface area contributed by atoms with Gasteiger partial charge >= 0.3 is 5.97 Å². The molecule has 0 bridgehead atoms. The highest BCUT2D eigenvalue weighted by Gasteiger charge is 2.29. The van der Waals surface area contributed by atoms with Gasteiger partial charge in [0, 0.05) is 18.3 Å². The van der Waals surface area contributed by atoms with Gasteiger partial charge in [0.15, 0.2) is 0 Å². The molecule has 2 fully saturated rings. The van der Waals surface area contributed by atoms with Crippen molar-refractivity contribution < 1.29 is 9.53 Å². The zero-order valence-electron chi connectivity index (χ0n) is 12.7. The van der Waals surface area contributed by atoms with Crippen LogP contribution >= 0.6 is 0 Å². The van der Waals surface area contributed by atoms with Crippen molar-refractivity contribution in [3.8, 4) is 0 Å². The highest BCUT2D eigenvalue weighted by Crippen LogP contribution is 2.33. The molecule has 21 heavy (non-hydrogen) atoms. The normalized spacial score (nSPS) is 19.3. The first kappa shape index (κ1) is 14.4. The van der Waals surface area contributed by atoms with Gasteiger partial charge in [-0.25, -0.2) is 4.79 Å². The second-order valence-electron chi connectivity index (χ2n) is 6.12. The summed E-state index contributed by atoms with van der Waals surface area (Å²) in [5.74, 6) is 0.595. The van der Waals surface area contributed by atoms with E-state index in [-0.39, 0.29) is 5.97 Å². The van der Waals surface area contributed by atoms with Gasteiger partial charge in [-0.1, -0.05) is 0 Å². The third-order valence-corrected chi connectivity index (χ3v) is 4.52. The van der Waals surface area contributed by atoms with Crippen LogP contribution < -0.4 is 10.2 Å².